The number of hydrogen-bond donors (Lipinski definition) is 3. The standard InChI is InChI=1S/C9H10BrFO3/c1-4(3-12)7-5(10)2-6(13)9(14)8(7)11/h2,4,12-14H,3H2,1H3. The average Bonchev–Trinajstić information content (AvgIpc) is 2.14. The lowest BCUT2D eigenvalue weighted by molar-refractivity contribution is 0.268. The zero-order chi connectivity index (χ0) is 10.9. The number of rotatable bonds is 2. The van der Waals surface area contributed by atoms with Crippen LogP contribution in [0.4, 0.5) is 4.39 Å². The number of aromatic hydroxyl groups is 2. The summed E-state index contributed by atoms with van der Waals surface area (Å²) in [7, 11) is 0. The highest BCUT2D eigenvalue weighted by Gasteiger charge is 2.20. The van der Waals surface area contributed by atoms with Crippen molar-refractivity contribution in [1.29, 1.82) is 0 Å². The van der Waals surface area contributed by atoms with Gasteiger partial charge in [0.05, 0.1) is 0 Å². The highest BCUT2D eigenvalue weighted by molar-refractivity contribution is 9.10. The third-order valence-electron chi connectivity index (χ3n) is 1.97. The van der Waals surface area contributed by atoms with Crippen LogP contribution in [0.2, 0.25) is 0 Å². The molecule has 0 amide bonds. The van der Waals surface area contributed by atoms with Crippen molar-refractivity contribution in [3.05, 3.63) is 21.9 Å². The van der Waals surface area contributed by atoms with E-state index in [-0.39, 0.29) is 12.2 Å². The Morgan fingerprint density at radius 1 is 1.50 bits per heavy atom. The van der Waals surface area contributed by atoms with Gasteiger partial charge in [-0.15, -0.1) is 0 Å². The Morgan fingerprint density at radius 3 is 2.57 bits per heavy atom. The molecule has 3 nitrogen and oxygen atoms in total. The van der Waals surface area contributed by atoms with Crippen molar-refractivity contribution in [1.82, 2.24) is 0 Å². The van der Waals surface area contributed by atoms with Crippen LogP contribution in [-0.4, -0.2) is 21.9 Å². The first kappa shape index (κ1) is 11.3. The van der Waals surface area contributed by atoms with Crippen molar-refractivity contribution in [2.45, 2.75) is 12.8 Å². The molecule has 14 heavy (non-hydrogen) atoms. The normalized spacial score (nSPS) is 12.9. The third-order valence-corrected chi connectivity index (χ3v) is 2.63. The van der Waals surface area contributed by atoms with Gasteiger partial charge in [0.1, 0.15) is 0 Å². The van der Waals surface area contributed by atoms with Gasteiger partial charge in [-0.2, -0.15) is 0 Å². The second-order valence-corrected chi connectivity index (χ2v) is 3.89. The topological polar surface area (TPSA) is 60.7 Å². The molecule has 3 N–H and O–H groups in total. The van der Waals surface area contributed by atoms with Crippen molar-refractivity contribution in [3.8, 4) is 11.5 Å². The third kappa shape index (κ3) is 1.83. The average molecular weight is 265 g/mol. The minimum atomic E-state index is -0.904. The summed E-state index contributed by atoms with van der Waals surface area (Å²) in [4.78, 5) is 0. The van der Waals surface area contributed by atoms with Gasteiger partial charge in [0.2, 0.25) is 0 Å². The molecule has 1 rings (SSSR count). The van der Waals surface area contributed by atoms with E-state index in [2.05, 4.69) is 15.9 Å². The SMILES string of the molecule is CC(CO)c1c(Br)cc(O)c(O)c1F. The first-order valence-electron chi connectivity index (χ1n) is 3.99. The van der Waals surface area contributed by atoms with E-state index in [0.717, 1.165) is 0 Å². The second kappa shape index (κ2) is 4.14. The summed E-state index contributed by atoms with van der Waals surface area (Å²) in [6, 6.07) is 1.19. The molecule has 1 aromatic carbocycles. The number of halogens is 2. The van der Waals surface area contributed by atoms with Gasteiger partial charge in [0.15, 0.2) is 17.3 Å². The minimum absolute atomic E-state index is 0.155. The Hall–Kier alpha value is -0.810. The molecule has 0 bridgehead atoms. The molecule has 0 radical (unpaired) electrons. The molecule has 0 fully saturated rings. The van der Waals surface area contributed by atoms with E-state index in [1.807, 2.05) is 0 Å². The molecular weight excluding hydrogens is 255 g/mol. The van der Waals surface area contributed by atoms with Crippen LogP contribution in [0.5, 0.6) is 11.5 Å². The van der Waals surface area contributed by atoms with Gasteiger partial charge in [-0.1, -0.05) is 22.9 Å². The van der Waals surface area contributed by atoms with E-state index >= 15 is 0 Å². The van der Waals surface area contributed by atoms with E-state index < -0.39 is 23.2 Å². The summed E-state index contributed by atoms with van der Waals surface area (Å²) in [5.41, 5.74) is 0.155. The zero-order valence-corrected chi connectivity index (χ0v) is 9.05. The Bertz CT molecular complexity index is 354. The van der Waals surface area contributed by atoms with Crippen LogP contribution < -0.4 is 0 Å². The van der Waals surface area contributed by atoms with Gasteiger partial charge < -0.3 is 15.3 Å². The second-order valence-electron chi connectivity index (χ2n) is 3.04. The highest BCUT2D eigenvalue weighted by atomic mass is 79.9. The monoisotopic (exact) mass is 264 g/mol. The Labute approximate surface area is 88.9 Å². The van der Waals surface area contributed by atoms with Crippen LogP contribution in [0, 0.1) is 5.82 Å². The van der Waals surface area contributed by atoms with E-state index in [0.29, 0.717) is 4.47 Å². The lowest BCUT2D eigenvalue weighted by Crippen LogP contribution is -2.03. The molecule has 0 spiro atoms. The molecule has 0 saturated carbocycles. The molecule has 0 saturated heterocycles. The lowest BCUT2D eigenvalue weighted by atomic mass is 10.0. The van der Waals surface area contributed by atoms with Gasteiger partial charge in [-0.3, -0.25) is 0 Å². The molecule has 1 atom stereocenters. The predicted octanol–water partition coefficient (Wildman–Crippen LogP) is 2.10. The summed E-state index contributed by atoms with van der Waals surface area (Å²) >= 11 is 3.05. The van der Waals surface area contributed by atoms with Crippen LogP contribution in [0.15, 0.2) is 10.5 Å². The van der Waals surface area contributed by atoms with Gasteiger partial charge in [-0.25, -0.2) is 4.39 Å². The lowest BCUT2D eigenvalue weighted by Gasteiger charge is -2.13. The summed E-state index contributed by atoms with van der Waals surface area (Å²) < 4.78 is 13.7. The zero-order valence-electron chi connectivity index (χ0n) is 7.46. The Balaban J connectivity index is 3.36. The van der Waals surface area contributed by atoms with Crippen LogP contribution in [0.3, 0.4) is 0 Å². The maximum atomic E-state index is 13.4. The number of phenols is 2. The van der Waals surface area contributed by atoms with Crippen molar-refractivity contribution in [2.24, 2.45) is 0 Å². The molecule has 78 valence electrons. The first-order chi connectivity index (χ1) is 6.49. The fourth-order valence-electron chi connectivity index (χ4n) is 1.15. The van der Waals surface area contributed by atoms with Gasteiger partial charge in [0.25, 0.3) is 0 Å². The molecule has 0 aliphatic rings. The molecule has 0 heterocycles. The molecule has 1 unspecified atom stereocenters. The summed E-state index contributed by atoms with van der Waals surface area (Å²) in [6.45, 7) is 1.37. The van der Waals surface area contributed by atoms with Gasteiger partial charge >= 0.3 is 0 Å². The van der Waals surface area contributed by atoms with Crippen LogP contribution in [0.25, 0.3) is 0 Å². The number of hydrogen-bond acceptors (Lipinski definition) is 3. The molecule has 0 aliphatic heterocycles. The van der Waals surface area contributed by atoms with Crippen molar-refractivity contribution in [2.75, 3.05) is 6.61 Å². The smallest absolute Gasteiger partial charge is 0.194 e. The first-order valence-corrected chi connectivity index (χ1v) is 4.79. The molecule has 0 aliphatic carbocycles. The van der Waals surface area contributed by atoms with Crippen molar-refractivity contribution < 1.29 is 19.7 Å². The number of benzene rings is 1. The predicted molar refractivity (Wildman–Crippen MR) is 52.9 cm³/mol. The van der Waals surface area contributed by atoms with E-state index in [1.165, 1.54) is 6.07 Å². The molecule has 0 aromatic heterocycles. The minimum Gasteiger partial charge on any atom is -0.504 e. The van der Waals surface area contributed by atoms with E-state index in [1.54, 1.807) is 6.92 Å². The Kier molecular flexibility index (Phi) is 3.34. The summed E-state index contributed by atoms with van der Waals surface area (Å²) in [5.74, 6) is -2.67. The van der Waals surface area contributed by atoms with Crippen molar-refractivity contribution in [3.63, 3.8) is 0 Å². The molecule has 5 heteroatoms. The van der Waals surface area contributed by atoms with Crippen molar-refractivity contribution >= 4 is 15.9 Å². The summed E-state index contributed by atoms with van der Waals surface area (Å²) in [5, 5.41) is 27.1. The van der Waals surface area contributed by atoms with Gasteiger partial charge in [0, 0.05) is 22.6 Å². The Morgan fingerprint density at radius 2 is 2.07 bits per heavy atom. The largest absolute Gasteiger partial charge is 0.504 e. The molecule has 1 aromatic rings. The van der Waals surface area contributed by atoms with Crippen LogP contribution in [0.1, 0.15) is 18.4 Å². The maximum Gasteiger partial charge on any atom is 0.194 e. The number of phenolic OH excluding ortho intramolecular Hbond substituents is 2. The highest BCUT2D eigenvalue weighted by Crippen LogP contribution is 2.38. The van der Waals surface area contributed by atoms with Gasteiger partial charge in [-0.05, 0) is 6.07 Å². The maximum absolute atomic E-state index is 13.4. The van der Waals surface area contributed by atoms with E-state index in [9.17, 15) is 4.39 Å². The summed E-state index contributed by atoms with van der Waals surface area (Å²) in [6.07, 6.45) is 0. The quantitative estimate of drug-likeness (QED) is 0.717. The number of aliphatic hydroxyl groups is 1. The number of aliphatic hydroxyl groups excluding tert-OH is 1. The van der Waals surface area contributed by atoms with E-state index in [4.69, 9.17) is 15.3 Å². The van der Waals surface area contributed by atoms with Crippen LogP contribution in [-0.2, 0) is 0 Å². The fourth-order valence-corrected chi connectivity index (χ4v) is 1.94. The molecular formula is C9H10BrFO3. The van der Waals surface area contributed by atoms with Crippen LogP contribution >= 0.6 is 15.9 Å². The fraction of sp³-hybridized carbons (Fsp3) is 0.333.